The van der Waals surface area contributed by atoms with Gasteiger partial charge in [-0.05, 0) is 19.2 Å². The van der Waals surface area contributed by atoms with Crippen LogP contribution in [0.3, 0.4) is 0 Å². The van der Waals surface area contributed by atoms with Crippen molar-refractivity contribution in [3.63, 3.8) is 0 Å². The zero-order chi connectivity index (χ0) is 14.5. The Labute approximate surface area is 128 Å². The highest BCUT2D eigenvalue weighted by Gasteiger charge is 2.07. The van der Waals surface area contributed by atoms with Gasteiger partial charge in [-0.15, -0.1) is 11.3 Å². The molecule has 0 aliphatic heterocycles. The molecule has 4 heteroatoms. The van der Waals surface area contributed by atoms with Crippen LogP contribution >= 0.6 is 11.3 Å². The van der Waals surface area contributed by atoms with Gasteiger partial charge in [-0.25, -0.2) is 4.98 Å². The number of aromatic nitrogens is 2. The maximum atomic E-state index is 4.72. The summed E-state index contributed by atoms with van der Waals surface area (Å²) >= 11 is 1.71. The molecule has 0 fully saturated rings. The highest BCUT2D eigenvalue weighted by molar-refractivity contribution is 7.09. The number of hydrogen-bond donors (Lipinski definition) is 0. The van der Waals surface area contributed by atoms with Crippen LogP contribution < -0.4 is 0 Å². The number of thiazole rings is 1. The van der Waals surface area contributed by atoms with Crippen LogP contribution in [-0.4, -0.2) is 21.9 Å². The van der Waals surface area contributed by atoms with Crippen molar-refractivity contribution in [2.75, 3.05) is 7.05 Å². The van der Waals surface area contributed by atoms with Crippen LogP contribution in [0, 0.1) is 0 Å². The summed E-state index contributed by atoms with van der Waals surface area (Å²) in [6, 6.07) is 16.3. The van der Waals surface area contributed by atoms with Crippen molar-refractivity contribution in [1.29, 1.82) is 0 Å². The minimum atomic E-state index is 0.834. The highest BCUT2D eigenvalue weighted by Crippen LogP contribution is 2.22. The quantitative estimate of drug-likeness (QED) is 0.716. The van der Waals surface area contributed by atoms with Crippen LogP contribution in [0.5, 0.6) is 0 Å². The third-order valence-corrected chi connectivity index (χ3v) is 4.02. The van der Waals surface area contributed by atoms with E-state index in [0.717, 1.165) is 29.5 Å². The third-order valence-electron chi connectivity index (χ3n) is 3.18. The number of hydrogen-bond acceptors (Lipinski definition) is 4. The highest BCUT2D eigenvalue weighted by atomic mass is 32.1. The average molecular weight is 295 g/mol. The van der Waals surface area contributed by atoms with E-state index in [9.17, 15) is 0 Å². The smallest absolute Gasteiger partial charge is 0.107 e. The van der Waals surface area contributed by atoms with Crippen molar-refractivity contribution >= 4 is 11.3 Å². The Morgan fingerprint density at radius 3 is 2.57 bits per heavy atom. The summed E-state index contributed by atoms with van der Waals surface area (Å²) in [4.78, 5) is 11.3. The first-order valence-corrected chi connectivity index (χ1v) is 7.77. The molecule has 0 atom stereocenters. The summed E-state index contributed by atoms with van der Waals surface area (Å²) in [5, 5.41) is 3.26. The predicted molar refractivity (Wildman–Crippen MR) is 87.0 cm³/mol. The molecule has 1 aromatic carbocycles. The molecule has 0 unspecified atom stereocenters. The fourth-order valence-electron chi connectivity index (χ4n) is 2.18. The van der Waals surface area contributed by atoms with Gasteiger partial charge < -0.3 is 0 Å². The molecule has 0 aliphatic carbocycles. The monoisotopic (exact) mass is 295 g/mol. The topological polar surface area (TPSA) is 29.0 Å². The van der Waals surface area contributed by atoms with E-state index in [1.54, 1.807) is 11.3 Å². The summed E-state index contributed by atoms with van der Waals surface area (Å²) in [6.45, 7) is 1.68. The minimum absolute atomic E-state index is 0.834. The Morgan fingerprint density at radius 2 is 1.81 bits per heavy atom. The standard InChI is InChI=1S/C17H17N3S/c1-20(11-15-9-5-6-10-18-15)12-17-19-16(13-21-17)14-7-3-2-4-8-14/h2-10,13H,11-12H2,1H3. The van der Waals surface area contributed by atoms with Gasteiger partial charge in [0.15, 0.2) is 0 Å². The molecule has 2 heterocycles. The molecule has 3 nitrogen and oxygen atoms in total. The van der Waals surface area contributed by atoms with E-state index in [1.807, 2.05) is 42.6 Å². The van der Waals surface area contributed by atoms with Gasteiger partial charge in [0.25, 0.3) is 0 Å². The summed E-state index contributed by atoms with van der Waals surface area (Å²) < 4.78 is 0. The van der Waals surface area contributed by atoms with Crippen LogP contribution in [0.15, 0.2) is 60.1 Å². The molecular formula is C17H17N3S. The lowest BCUT2D eigenvalue weighted by Crippen LogP contribution is -2.17. The number of benzene rings is 1. The second-order valence-corrected chi connectivity index (χ2v) is 5.93. The molecular weight excluding hydrogens is 278 g/mol. The van der Waals surface area contributed by atoms with Crippen molar-refractivity contribution in [1.82, 2.24) is 14.9 Å². The van der Waals surface area contributed by atoms with Gasteiger partial charge in [-0.2, -0.15) is 0 Å². The Kier molecular flexibility index (Phi) is 4.38. The third kappa shape index (κ3) is 3.74. The Bertz CT molecular complexity index is 680. The second kappa shape index (κ2) is 6.61. The van der Waals surface area contributed by atoms with Crippen LogP contribution in [0.1, 0.15) is 10.7 Å². The lowest BCUT2D eigenvalue weighted by atomic mass is 10.2. The first-order chi connectivity index (χ1) is 10.3. The van der Waals surface area contributed by atoms with Crippen LogP contribution in [-0.2, 0) is 13.1 Å². The summed E-state index contributed by atoms with van der Waals surface area (Å²) in [5.74, 6) is 0. The van der Waals surface area contributed by atoms with Crippen LogP contribution in [0.4, 0.5) is 0 Å². The van der Waals surface area contributed by atoms with Gasteiger partial charge in [0.1, 0.15) is 5.01 Å². The Morgan fingerprint density at radius 1 is 1.00 bits per heavy atom. The van der Waals surface area contributed by atoms with Crippen molar-refractivity contribution in [2.24, 2.45) is 0 Å². The molecule has 0 N–H and O–H groups in total. The fourth-order valence-corrected chi connectivity index (χ4v) is 3.06. The van der Waals surface area contributed by atoms with Crippen molar-refractivity contribution in [2.45, 2.75) is 13.1 Å². The van der Waals surface area contributed by atoms with Crippen molar-refractivity contribution in [3.8, 4) is 11.3 Å². The van der Waals surface area contributed by atoms with Gasteiger partial charge in [0, 0.05) is 23.7 Å². The van der Waals surface area contributed by atoms with E-state index in [4.69, 9.17) is 4.98 Å². The molecule has 0 saturated carbocycles. The molecule has 0 radical (unpaired) electrons. The minimum Gasteiger partial charge on any atom is -0.294 e. The molecule has 3 rings (SSSR count). The van der Waals surface area contributed by atoms with Crippen molar-refractivity contribution < 1.29 is 0 Å². The fraction of sp³-hybridized carbons (Fsp3) is 0.176. The number of nitrogens with zero attached hydrogens (tertiary/aromatic N) is 3. The second-order valence-electron chi connectivity index (χ2n) is 4.99. The average Bonchev–Trinajstić information content (AvgIpc) is 2.97. The molecule has 2 aromatic heterocycles. The number of rotatable bonds is 5. The lowest BCUT2D eigenvalue weighted by molar-refractivity contribution is 0.314. The molecule has 0 spiro atoms. The Hall–Kier alpha value is -2.04. The van der Waals surface area contributed by atoms with Gasteiger partial charge in [-0.1, -0.05) is 36.4 Å². The van der Waals surface area contributed by atoms with E-state index in [-0.39, 0.29) is 0 Å². The molecule has 0 saturated heterocycles. The SMILES string of the molecule is CN(Cc1ccccn1)Cc1nc(-c2ccccc2)cs1. The summed E-state index contributed by atoms with van der Waals surface area (Å²) in [5.41, 5.74) is 3.31. The van der Waals surface area contributed by atoms with Crippen molar-refractivity contribution in [3.05, 3.63) is 70.8 Å². The van der Waals surface area contributed by atoms with Crippen LogP contribution in [0.2, 0.25) is 0 Å². The van der Waals surface area contributed by atoms with E-state index < -0.39 is 0 Å². The molecule has 21 heavy (non-hydrogen) atoms. The van der Waals surface area contributed by atoms with E-state index in [2.05, 4.69) is 34.4 Å². The molecule has 3 aromatic rings. The maximum Gasteiger partial charge on any atom is 0.107 e. The van der Waals surface area contributed by atoms with Gasteiger partial charge in [-0.3, -0.25) is 9.88 Å². The molecule has 0 amide bonds. The normalized spacial score (nSPS) is 11.0. The maximum absolute atomic E-state index is 4.72. The van der Waals surface area contributed by atoms with E-state index >= 15 is 0 Å². The van der Waals surface area contributed by atoms with Gasteiger partial charge in [0.05, 0.1) is 17.9 Å². The predicted octanol–water partition coefficient (Wildman–Crippen LogP) is 3.84. The first-order valence-electron chi connectivity index (χ1n) is 6.89. The van der Waals surface area contributed by atoms with Crippen LogP contribution in [0.25, 0.3) is 11.3 Å². The largest absolute Gasteiger partial charge is 0.294 e. The summed E-state index contributed by atoms with van der Waals surface area (Å²) in [7, 11) is 2.10. The van der Waals surface area contributed by atoms with Gasteiger partial charge >= 0.3 is 0 Å². The molecule has 0 aliphatic rings. The molecule has 0 bridgehead atoms. The molecule has 106 valence electrons. The first kappa shape index (κ1) is 13.9. The Balaban J connectivity index is 1.65. The van der Waals surface area contributed by atoms with E-state index in [1.165, 1.54) is 5.56 Å². The zero-order valence-corrected chi connectivity index (χ0v) is 12.8. The van der Waals surface area contributed by atoms with Gasteiger partial charge in [0.2, 0.25) is 0 Å². The van der Waals surface area contributed by atoms with E-state index in [0.29, 0.717) is 0 Å². The number of pyridine rings is 1. The summed E-state index contributed by atoms with van der Waals surface area (Å²) in [6.07, 6.45) is 1.83. The zero-order valence-electron chi connectivity index (χ0n) is 11.9. The lowest BCUT2D eigenvalue weighted by Gasteiger charge is -2.14.